The maximum absolute atomic E-state index is 11.5. The Bertz CT molecular complexity index is 218. The van der Waals surface area contributed by atoms with Crippen molar-refractivity contribution in [1.29, 1.82) is 0 Å². The van der Waals surface area contributed by atoms with E-state index in [1.165, 1.54) is 0 Å². The van der Waals surface area contributed by atoms with Crippen LogP contribution < -0.4 is 11.1 Å². The van der Waals surface area contributed by atoms with Crippen LogP contribution in [0.2, 0.25) is 0 Å². The van der Waals surface area contributed by atoms with Crippen molar-refractivity contribution in [2.75, 3.05) is 0 Å². The van der Waals surface area contributed by atoms with Crippen LogP contribution in [-0.4, -0.2) is 18.0 Å². The Balaban J connectivity index is 4.10. The largest absolute Gasteiger partial charge is 0.342 e. The first-order chi connectivity index (χ1) is 6.52. The second kappa shape index (κ2) is 6.44. The summed E-state index contributed by atoms with van der Waals surface area (Å²) in [7, 11) is 0. The maximum Gasteiger partial charge on any atom is 0.225 e. The van der Waals surface area contributed by atoms with Crippen molar-refractivity contribution >= 4 is 5.91 Å². The molecule has 0 aromatic carbocycles. The molecule has 0 fully saturated rings. The molecule has 0 aliphatic carbocycles. The Labute approximate surface area is 86.4 Å². The first-order valence-electron chi connectivity index (χ1n) is 5.05. The molecule has 0 aromatic rings. The van der Waals surface area contributed by atoms with Crippen molar-refractivity contribution < 1.29 is 4.79 Å². The van der Waals surface area contributed by atoms with Gasteiger partial charge in [0.25, 0.3) is 0 Å². The van der Waals surface area contributed by atoms with E-state index in [0.717, 1.165) is 12.8 Å². The number of carbonyl (C=O) groups excluding carboxylic acids is 1. The van der Waals surface area contributed by atoms with Crippen LogP contribution in [0.4, 0.5) is 0 Å². The topological polar surface area (TPSA) is 55.1 Å². The molecule has 3 unspecified atom stereocenters. The van der Waals surface area contributed by atoms with E-state index in [4.69, 9.17) is 12.2 Å². The van der Waals surface area contributed by atoms with Crippen molar-refractivity contribution in [3.05, 3.63) is 0 Å². The minimum absolute atomic E-state index is 0.0589. The second-order valence-corrected chi connectivity index (χ2v) is 3.66. The van der Waals surface area contributed by atoms with E-state index in [0.29, 0.717) is 0 Å². The van der Waals surface area contributed by atoms with Gasteiger partial charge in [-0.1, -0.05) is 26.2 Å². The Hall–Kier alpha value is -1.01. The van der Waals surface area contributed by atoms with E-state index in [9.17, 15) is 4.79 Å². The summed E-state index contributed by atoms with van der Waals surface area (Å²) < 4.78 is 0. The maximum atomic E-state index is 11.5. The summed E-state index contributed by atoms with van der Waals surface area (Å²) >= 11 is 0. The number of hydrogen-bond donors (Lipinski definition) is 2. The molecule has 3 nitrogen and oxygen atoms in total. The zero-order valence-electron chi connectivity index (χ0n) is 9.21. The minimum atomic E-state index is -0.192. The Morgan fingerprint density at radius 3 is 2.50 bits per heavy atom. The molecule has 0 saturated carbocycles. The lowest BCUT2D eigenvalue weighted by atomic mass is 10.0. The fourth-order valence-corrected chi connectivity index (χ4v) is 1.03. The molecule has 14 heavy (non-hydrogen) atoms. The Kier molecular flexibility index (Phi) is 5.98. The standard InChI is InChI=1S/C11H20N2O/c1-5-7-10(6-2)13-11(14)8(3)9(4)12/h2,8-10H,5,7,12H2,1,3-4H3,(H,13,14). The summed E-state index contributed by atoms with van der Waals surface area (Å²) in [5.41, 5.74) is 5.62. The number of nitrogens with one attached hydrogen (secondary N) is 1. The summed E-state index contributed by atoms with van der Waals surface area (Å²) in [6, 6.07) is -0.302. The molecular weight excluding hydrogens is 176 g/mol. The third kappa shape index (κ3) is 4.29. The molecule has 3 heteroatoms. The molecule has 3 N–H and O–H groups in total. The molecule has 0 bridgehead atoms. The van der Waals surface area contributed by atoms with Crippen LogP contribution in [0.5, 0.6) is 0 Å². The van der Waals surface area contributed by atoms with Gasteiger partial charge in [0.15, 0.2) is 0 Å². The van der Waals surface area contributed by atoms with Crippen molar-refractivity contribution in [2.45, 2.75) is 45.7 Å². The summed E-state index contributed by atoms with van der Waals surface area (Å²) in [5, 5.41) is 2.79. The molecule has 0 aliphatic heterocycles. The molecule has 0 aromatic heterocycles. The van der Waals surface area contributed by atoms with Gasteiger partial charge in [-0.15, -0.1) is 6.42 Å². The summed E-state index contributed by atoms with van der Waals surface area (Å²) in [6.07, 6.45) is 7.06. The molecule has 3 atom stereocenters. The number of rotatable bonds is 5. The average Bonchev–Trinajstić information content (AvgIpc) is 2.15. The van der Waals surface area contributed by atoms with Crippen molar-refractivity contribution in [3.8, 4) is 12.3 Å². The predicted octanol–water partition coefficient (Wildman–Crippen LogP) is 0.888. The van der Waals surface area contributed by atoms with Crippen molar-refractivity contribution in [1.82, 2.24) is 5.32 Å². The first-order valence-corrected chi connectivity index (χ1v) is 5.05. The molecule has 0 radical (unpaired) electrons. The van der Waals surface area contributed by atoms with Crippen LogP contribution in [0.15, 0.2) is 0 Å². The predicted molar refractivity (Wildman–Crippen MR) is 58.5 cm³/mol. The molecule has 0 heterocycles. The van der Waals surface area contributed by atoms with E-state index in [2.05, 4.69) is 11.2 Å². The Morgan fingerprint density at radius 1 is 1.57 bits per heavy atom. The van der Waals surface area contributed by atoms with Crippen LogP contribution >= 0.6 is 0 Å². The van der Waals surface area contributed by atoms with Gasteiger partial charge in [-0.2, -0.15) is 0 Å². The highest BCUT2D eigenvalue weighted by atomic mass is 16.1. The number of hydrogen-bond acceptors (Lipinski definition) is 2. The summed E-state index contributed by atoms with van der Waals surface area (Å²) in [4.78, 5) is 11.5. The molecule has 1 amide bonds. The molecule has 0 saturated heterocycles. The van der Waals surface area contributed by atoms with Crippen LogP contribution in [0.25, 0.3) is 0 Å². The van der Waals surface area contributed by atoms with Gasteiger partial charge < -0.3 is 11.1 Å². The van der Waals surface area contributed by atoms with Crippen LogP contribution in [-0.2, 0) is 4.79 Å². The van der Waals surface area contributed by atoms with Crippen LogP contribution in [0, 0.1) is 18.3 Å². The molecule has 0 rings (SSSR count). The lowest BCUT2D eigenvalue weighted by Gasteiger charge is -2.18. The minimum Gasteiger partial charge on any atom is -0.342 e. The van der Waals surface area contributed by atoms with Crippen LogP contribution in [0.1, 0.15) is 33.6 Å². The zero-order chi connectivity index (χ0) is 11.1. The van der Waals surface area contributed by atoms with E-state index in [-0.39, 0.29) is 23.9 Å². The third-order valence-electron chi connectivity index (χ3n) is 2.30. The van der Waals surface area contributed by atoms with Crippen molar-refractivity contribution in [3.63, 3.8) is 0 Å². The quantitative estimate of drug-likeness (QED) is 0.642. The smallest absolute Gasteiger partial charge is 0.225 e. The number of nitrogens with two attached hydrogens (primary N) is 1. The van der Waals surface area contributed by atoms with E-state index in [1.54, 1.807) is 6.92 Å². The fraction of sp³-hybridized carbons (Fsp3) is 0.727. The van der Waals surface area contributed by atoms with Gasteiger partial charge in [0.2, 0.25) is 5.91 Å². The zero-order valence-corrected chi connectivity index (χ0v) is 9.21. The van der Waals surface area contributed by atoms with E-state index < -0.39 is 0 Å². The van der Waals surface area contributed by atoms with Gasteiger partial charge in [0.1, 0.15) is 0 Å². The molecule has 0 spiro atoms. The lowest BCUT2D eigenvalue weighted by Crippen LogP contribution is -2.42. The third-order valence-corrected chi connectivity index (χ3v) is 2.30. The van der Waals surface area contributed by atoms with Crippen LogP contribution in [0.3, 0.4) is 0 Å². The number of terminal acetylenes is 1. The van der Waals surface area contributed by atoms with E-state index >= 15 is 0 Å². The summed E-state index contributed by atoms with van der Waals surface area (Å²) in [5.74, 6) is 2.30. The molecular formula is C11H20N2O. The molecule has 0 aliphatic rings. The van der Waals surface area contributed by atoms with Gasteiger partial charge >= 0.3 is 0 Å². The van der Waals surface area contributed by atoms with Gasteiger partial charge in [0, 0.05) is 12.0 Å². The normalized spacial score (nSPS) is 16.5. The fourth-order valence-electron chi connectivity index (χ4n) is 1.03. The first kappa shape index (κ1) is 13.0. The number of amides is 1. The Morgan fingerprint density at radius 2 is 2.14 bits per heavy atom. The SMILES string of the molecule is C#CC(CCC)NC(=O)C(C)C(C)N. The summed E-state index contributed by atoms with van der Waals surface area (Å²) in [6.45, 7) is 5.65. The highest BCUT2D eigenvalue weighted by molar-refractivity contribution is 5.79. The van der Waals surface area contributed by atoms with Crippen molar-refractivity contribution in [2.24, 2.45) is 11.7 Å². The highest BCUT2D eigenvalue weighted by Gasteiger charge is 2.18. The monoisotopic (exact) mass is 196 g/mol. The highest BCUT2D eigenvalue weighted by Crippen LogP contribution is 2.02. The number of carbonyl (C=O) groups is 1. The lowest BCUT2D eigenvalue weighted by molar-refractivity contribution is -0.125. The van der Waals surface area contributed by atoms with Gasteiger partial charge in [0.05, 0.1) is 6.04 Å². The van der Waals surface area contributed by atoms with Gasteiger partial charge in [-0.3, -0.25) is 4.79 Å². The molecule has 80 valence electrons. The van der Waals surface area contributed by atoms with E-state index in [1.807, 2.05) is 13.8 Å². The average molecular weight is 196 g/mol. The second-order valence-electron chi connectivity index (χ2n) is 3.66. The van der Waals surface area contributed by atoms with Gasteiger partial charge in [-0.05, 0) is 13.3 Å². The van der Waals surface area contributed by atoms with Gasteiger partial charge in [-0.25, -0.2) is 0 Å².